The van der Waals surface area contributed by atoms with Gasteiger partial charge in [-0.25, -0.2) is 0 Å². The molecule has 0 aromatic heterocycles. The van der Waals surface area contributed by atoms with Crippen molar-refractivity contribution >= 4 is 11.9 Å². The molecule has 0 aromatic carbocycles. The molecule has 0 radical (unpaired) electrons. The van der Waals surface area contributed by atoms with Crippen LogP contribution in [0, 0.1) is 5.41 Å². The Morgan fingerprint density at radius 1 is 1.11 bits per heavy atom. The summed E-state index contributed by atoms with van der Waals surface area (Å²) in [5.74, 6) is -0.459. The number of carbonyl (C=O) groups is 2. The lowest BCUT2D eigenvalue weighted by molar-refractivity contribution is -0.144. The standard InChI is InChI=1S/C14H27NO3/c1-5-7-8-9-10-14(3,4)13(17)15-11-12(16)18-6-2/h5-11H2,1-4H3,(H,15,17). The number of esters is 1. The highest BCUT2D eigenvalue weighted by atomic mass is 16.5. The van der Waals surface area contributed by atoms with Gasteiger partial charge in [0.2, 0.25) is 5.91 Å². The SMILES string of the molecule is CCCCCCC(C)(C)C(=O)NCC(=O)OCC. The number of carbonyl (C=O) groups excluding carboxylic acids is 2. The summed E-state index contributed by atoms with van der Waals surface area (Å²) >= 11 is 0. The van der Waals surface area contributed by atoms with E-state index in [9.17, 15) is 9.59 Å². The average molecular weight is 257 g/mol. The van der Waals surface area contributed by atoms with Crippen LogP contribution in [0.5, 0.6) is 0 Å². The fourth-order valence-corrected chi connectivity index (χ4v) is 1.71. The predicted octanol–water partition coefficient (Wildman–Crippen LogP) is 2.66. The normalized spacial score (nSPS) is 11.1. The monoisotopic (exact) mass is 257 g/mol. The van der Waals surface area contributed by atoms with Crippen molar-refractivity contribution < 1.29 is 14.3 Å². The van der Waals surface area contributed by atoms with E-state index in [1.807, 2.05) is 13.8 Å². The number of hydrogen-bond donors (Lipinski definition) is 1. The van der Waals surface area contributed by atoms with Crippen molar-refractivity contribution in [1.82, 2.24) is 5.32 Å². The van der Waals surface area contributed by atoms with Gasteiger partial charge in [-0.15, -0.1) is 0 Å². The van der Waals surface area contributed by atoms with Gasteiger partial charge in [-0.3, -0.25) is 9.59 Å². The second-order valence-corrected chi connectivity index (χ2v) is 5.18. The predicted molar refractivity (Wildman–Crippen MR) is 72.2 cm³/mol. The Bertz CT molecular complexity index is 262. The molecule has 0 unspecified atom stereocenters. The highest BCUT2D eigenvalue weighted by Crippen LogP contribution is 2.24. The van der Waals surface area contributed by atoms with Gasteiger partial charge < -0.3 is 10.1 Å². The maximum atomic E-state index is 11.9. The van der Waals surface area contributed by atoms with E-state index in [0.717, 1.165) is 19.3 Å². The first-order chi connectivity index (χ1) is 8.44. The maximum absolute atomic E-state index is 11.9. The van der Waals surface area contributed by atoms with Crippen LogP contribution in [-0.2, 0) is 14.3 Å². The van der Waals surface area contributed by atoms with Crippen LogP contribution in [0.15, 0.2) is 0 Å². The third-order valence-corrected chi connectivity index (χ3v) is 2.97. The van der Waals surface area contributed by atoms with Gasteiger partial charge in [-0.2, -0.15) is 0 Å². The zero-order chi connectivity index (χ0) is 14.0. The second kappa shape index (κ2) is 8.95. The van der Waals surface area contributed by atoms with Crippen LogP contribution >= 0.6 is 0 Å². The Hall–Kier alpha value is -1.06. The van der Waals surface area contributed by atoms with Gasteiger partial charge in [0.05, 0.1) is 6.61 Å². The first kappa shape index (κ1) is 16.9. The molecule has 1 amide bonds. The minimum atomic E-state index is -0.416. The van der Waals surface area contributed by atoms with Gasteiger partial charge in [0, 0.05) is 5.41 Å². The van der Waals surface area contributed by atoms with Gasteiger partial charge in [0.1, 0.15) is 6.54 Å². The molecule has 4 nitrogen and oxygen atoms in total. The van der Waals surface area contributed by atoms with Crippen LogP contribution in [-0.4, -0.2) is 25.0 Å². The van der Waals surface area contributed by atoms with Crippen molar-refractivity contribution in [3.63, 3.8) is 0 Å². The largest absolute Gasteiger partial charge is 0.465 e. The highest BCUT2D eigenvalue weighted by Gasteiger charge is 2.27. The zero-order valence-electron chi connectivity index (χ0n) is 12.2. The molecular weight excluding hydrogens is 230 g/mol. The molecule has 0 fully saturated rings. The molecule has 0 bridgehead atoms. The number of hydrogen-bond acceptors (Lipinski definition) is 3. The lowest BCUT2D eigenvalue weighted by Crippen LogP contribution is -2.40. The second-order valence-electron chi connectivity index (χ2n) is 5.18. The van der Waals surface area contributed by atoms with Crippen molar-refractivity contribution in [3.05, 3.63) is 0 Å². The maximum Gasteiger partial charge on any atom is 0.325 e. The van der Waals surface area contributed by atoms with Crippen LogP contribution < -0.4 is 5.32 Å². The fourth-order valence-electron chi connectivity index (χ4n) is 1.71. The molecule has 4 heteroatoms. The van der Waals surface area contributed by atoms with Crippen molar-refractivity contribution in [2.24, 2.45) is 5.41 Å². The topological polar surface area (TPSA) is 55.4 Å². The molecule has 0 aromatic rings. The van der Waals surface area contributed by atoms with Gasteiger partial charge in [-0.05, 0) is 13.3 Å². The van der Waals surface area contributed by atoms with Crippen molar-refractivity contribution in [2.75, 3.05) is 13.2 Å². The van der Waals surface area contributed by atoms with E-state index >= 15 is 0 Å². The number of ether oxygens (including phenoxy) is 1. The summed E-state index contributed by atoms with van der Waals surface area (Å²) in [5.41, 5.74) is -0.416. The third kappa shape index (κ3) is 7.30. The van der Waals surface area contributed by atoms with Gasteiger partial charge in [-0.1, -0.05) is 46.5 Å². The Morgan fingerprint density at radius 3 is 2.33 bits per heavy atom. The summed E-state index contributed by atoms with van der Waals surface area (Å²) in [6, 6.07) is 0. The molecule has 0 heterocycles. The Kier molecular flexibility index (Phi) is 8.42. The summed E-state index contributed by atoms with van der Waals surface area (Å²) in [6.07, 6.45) is 5.45. The van der Waals surface area contributed by atoms with E-state index in [1.54, 1.807) is 6.92 Å². The van der Waals surface area contributed by atoms with E-state index in [1.165, 1.54) is 12.8 Å². The van der Waals surface area contributed by atoms with Crippen LogP contribution in [0.25, 0.3) is 0 Å². The van der Waals surface area contributed by atoms with Gasteiger partial charge >= 0.3 is 5.97 Å². The molecule has 106 valence electrons. The van der Waals surface area contributed by atoms with E-state index < -0.39 is 5.41 Å². The fraction of sp³-hybridized carbons (Fsp3) is 0.857. The summed E-state index contributed by atoms with van der Waals surface area (Å²) in [7, 11) is 0. The van der Waals surface area contributed by atoms with Crippen LogP contribution in [0.2, 0.25) is 0 Å². The Morgan fingerprint density at radius 2 is 1.78 bits per heavy atom. The van der Waals surface area contributed by atoms with Crippen LogP contribution in [0.3, 0.4) is 0 Å². The summed E-state index contributed by atoms with van der Waals surface area (Å²) < 4.78 is 4.76. The third-order valence-electron chi connectivity index (χ3n) is 2.97. The minimum Gasteiger partial charge on any atom is -0.465 e. The first-order valence-corrected chi connectivity index (χ1v) is 6.88. The van der Waals surface area contributed by atoms with Gasteiger partial charge in [0.25, 0.3) is 0 Å². The van der Waals surface area contributed by atoms with Gasteiger partial charge in [0.15, 0.2) is 0 Å². The van der Waals surface area contributed by atoms with Crippen molar-refractivity contribution in [3.8, 4) is 0 Å². The molecule has 18 heavy (non-hydrogen) atoms. The molecule has 0 aliphatic heterocycles. The molecule has 0 spiro atoms. The van der Waals surface area contributed by atoms with Crippen LogP contribution in [0.4, 0.5) is 0 Å². The van der Waals surface area contributed by atoms with Crippen LogP contribution in [0.1, 0.15) is 59.8 Å². The van der Waals surface area contributed by atoms with E-state index in [4.69, 9.17) is 4.74 Å². The number of nitrogens with one attached hydrogen (secondary N) is 1. The smallest absolute Gasteiger partial charge is 0.325 e. The number of rotatable bonds is 9. The van der Waals surface area contributed by atoms with Crippen molar-refractivity contribution in [2.45, 2.75) is 59.8 Å². The lowest BCUT2D eigenvalue weighted by atomic mass is 9.86. The average Bonchev–Trinajstić information content (AvgIpc) is 2.32. The quantitative estimate of drug-likeness (QED) is 0.510. The van der Waals surface area contributed by atoms with E-state index in [-0.39, 0.29) is 18.4 Å². The van der Waals surface area contributed by atoms with E-state index in [0.29, 0.717) is 6.61 Å². The summed E-state index contributed by atoms with van der Waals surface area (Å²) in [4.78, 5) is 23.1. The lowest BCUT2D eigenvalue weighted by Gasteiger charge is -2.23. The molecule has 0 aliphatic rings. The molecule has 0 rings (SSSR count). The number of unbranched alkanes of at least 4 members (excludes halogenated alkanes) is 3. The van der Waals surface area contributed by atoms with E-state index in [2.05, 4.69) is 12.2 Å². The Balaban J connectivity index is 3.94. The molecular formula is C14H27NO3. The zero-order valence-corrected chi connectivity index (χ0v) is 12.2. The molecule has 0 saturated carbocycles. The summed E-state index contributed by atoms with van der Waals surface area (Å²) in [6.45, 7) is 8.05. The Labute approximate surface area is 110 Å². The summed E-state index contributed by atoms with van der Waals surface area (Å²) in [5, 5.41) is 2.63. The highest BCUT2D eigenvalue weighted by molar-refractivity contribution is 5.85. The molecule has 0 aliphatic carbocycles. The number of amides is 1. The molecule has 0 atom stereocenters. The minimum absolute atomic E-state index is 0.0366. The molecule has 1 N–H and O–H groups in total. The first-order valence-electron chi connectivity index (χ1n) is 6.88. The van der Waals surface area contributed by atoms with Crippen molar-refractivity contribution in [1.29, 1.82) is 0 Å². The molecule has 0 saturated heterocycles.